The van der Waals surface area contributed by atoms with Crippen molar-refractivity contribution in [3.63, 3.8) is 0 Å². The van der Waals surface area contributed by atoms with Gasteiger partial charge in [0.1, 0.15) is 11.6 Å². The van der Waals surface area contributed by atoms with Gasteiger partial charge in [-0.2, -0.15) is 0 Å². The molecule has 9 nitrogen and oxygen atoms in total. The van der Waals surface area contributed by atoms with Gasteiger partial charge in [0.2, 0.25) is 5.91 Å². The molecular formula is C28H37N7O2. The third-order valence-electron chi connectivity index (χ3n) is 8.59. The second-order valence-corrected chi connectivity index (χ2v) is 11.2. The van der Waals surface area contributed by atoms with Gasteiger partial charge in [0, 0.05) is 62.8 Å². The van der Waals surface area contributed by atoms with Crippen LogP contribution in [0.25, 0.3) is 0 Å². The highest BCUT2D eigenvalue weighted by Crippen LogP contribution is 2.40. The van der Waals surface area contributed by atoms with Crippen LogP contribution in [0.5, 0.6) is 0 Å². The average molecular weight is 504 g/mol. The lowest BCUT2D eigenvalue weighted by atomic mass is 9.97. The smallest absolute Gasteiger partial charge is 0.323 e. The lowest BCUT2D eigenvalue weighted by molar-refractivity contribution is -0.116. The van der Waals surface area contributed by atoms with Gasteiger partial charge < -0.3 is 20.4 Å². The molecule has 2 aromatic rings. The van der Waals surface area contributed by atoms with Gasteiger partial charge in [0.25, 0.3) is 0 Å². The van der Waals surface area contributed by atoms with Gasteiger partial charge in [-0.15, -0.1) is 0 Å². The van der Waals surface area contributed by atoms with Crippen molar-refractivity contribution in [1.82, 2.24) is 20.2 Å². The Morgan fingerprint density at radius 2 is 2.00 bits per heavy atom. The Morgan fingerprint density at radius 3 is 2.73 bits per heavy atom. The van der Waals surface area contributed by atoms with Gasteiger partial charge in [-0.3, -0.25) is 10.1 Å². The summed E-state index contributed by atoms with van der Waals surface area (Å²) in [6.07, 6.45) is 12.2. The number of piperidine rings is 2. The van der Waals surface area contributed by atoms with E-state index < -0.39 is 0 Å². The fraction of sp³-hybridized carbons (Fsp3) is 0.571. The van der Waals surface area contributed by atoms with Crippen LogP contribution in [0.4, 0.5) is 22.1 Å². The van der Waals surface area contributed by atoms with E-state index in [1.165, 1.54) is 37.7 Å². The van der Waals surface area contributed by atoms with E-state index in [0.717, 1.165) is 30.9 Å². The zero-order valence-corrected chi connectivity index (χ0v) is 21.5. The van der Waals surface area contributed by atoms with Crippen LogP contribution >= 0.6 is 0 Å². The van der Waals surface area contributed by atoms with E-state index in [4.69, 9.17) is 0 Å². The zero-order valence-electron chi connectivity index (χ0n) is 21.5. The summed E-state index contributed by atoms with van der Waals surface area (Å²) >= 11 is 0. The number of hydrogen-bond donors (Lipinski definition) is 3. The third kappa shape index (κ3) is 5.56. The van der Waals surface area contributed by atoms with Gasteiger partial charge in [-0.25, -0.2) is 14.8 Å². The lowest BCUT2D eigenvalue weighted by Gasteiger charge is -2.38. The number of anilines is 3. The summed E-state index contributed by atoms with van der Waals surface area (Å²) < 4.78 is 0. The Hall–Kier alpha value is -3.20. The summed E-state index contributed by atoms with van der Waals surface area (Å²) in [4.78, 5) is 38.6. The van der Waals surface area contributed by atoms with Gasteiger partial charge in [0.15, 0.2) is 0 Å². The number of hydrogen-bond acceptors (Lipinski definition) is 6. The summed E-state index contributed by atoms with van der Waals surface area (Å²) in [5.41, 5.74) is 2.02. The first kappa shape index (κ1) is 24.2. The van der Waals surface area contributed by atoms with Crippen molar-refractivity contribution in [2.24, 2.45) is 5.92 Å². The Bertz CT molecular complexity index is 1140. The Morgan fingerprint density at radius 1 is 1.11 bits per heavy atom. The minimum absolute atomic E-state index is 0.0499. The number of carbonyl (C=O) groups excluding carboxylic acids is 2. The van der Waals surface area contributed by atoms with E-state index in [1.807, 2.05) is 31.4 Å². The number of amides is 3. The average Bonchev–Trinajstić information content (AvgIpc) is 3.56. The predicted molar refractivity (Wildman–Crippen MR) is 144 cm³/mol. The molecule has 4 atom stereocenters. The summed E-state index contributed by atoms with van der Waals surface area (Å²) in [7, 11) is 1.84. The Kier molecular flexibility index (Phi) is 6.71. The van der Waals surface area contributed by atoms with Gasteiger partial charge in [-0.05, 0) is 74.5 Å². The fourth-order valence-electron chi connectivity index (χ4n) is 6.26. The molecule has 2 aliphatic carbocycles. The molecule has 2 aliphatic heterocycles. The molecule has 2 saturated carbocycles. The molecule has 0 radical (unpaired) electrons. The zero-order chi connectivity index (χ0) is 25.4. The van der Waals surface area contributed by atoms with Crippen molar-refractivity contribution in [3.8, 4) is 0 Å². The van der Waals surface area contributed by atoms with Crippen LogP contribution < -0.4 is 20.9 Å². The van der Waals surface area contributed by atoms with E-state index in [1.54, 1.807) is 11.1 Å². The first-order valence-corrected chi connectivity index (χ1v) is 13.8. The number of urea groups is 1. The topological polar surface area (TPSA) is 102 Å². The van der Waals surface area contributed by atoms with Crippen molar-refractivity contribution in [1.29, 1.82) is 0 Å². The molecule has 37 heavy (non-hydrogen) atoms. The predicted octanol–water partition coefficient (Wildman–Crippen LogP) is 3.96. The van der Waals surface area contributed by atoms with Crippen LogP contribution in [-0.2, 0) is 4.79 Å². The van der Waals surface area contributed by atoms with E-state index in [0.29, 0.717) is 42.7 Å². The van der Waals surface area contributed by atoms with Crippen molar-refractivity contribution in [2.75, 3.05) is 35.7 Å². The van der Waals surface area contributed by atoms with Crippen molar-refractivity contribution >= 4 is 29.3 Å². The number of rotatable bonds is 7. The van der Waals surface area contributed by atoms with Crippen molar-refractivity contribution in [3.05, 3.63) is 42.2 Å². The monoisotopic (exact) mass is 503 g/mol. The van der Waals surface area contributed by atoms with Crippen LogP contribution in [0.3, 0.4) is 0 Å². The molecule has 0 spiro atoms. The van der Waals surface area contributed by atoms with Crippen LogP contribution in [0, 0.1) is 5.92 Å². The second kappa shape index (κ2) is 10.3. The van der Waals surface area contributed by atoms with Gasteiger partial charge >= 0.3 is 6.03 Å². The molecule has 9 heteroatoms. The molecule has 0 aromatic carbocycles. The number of fused-ring (bicyclic) bond motifs is 2. The molecular weight excluding hydrogens is 466 g/mol. The maximum atomic E-state index is 12.9. The Balaban J connectivity index is 1.03. The number of pyridine rings is 2. The normalized spacial score (nSPS) is 26.7. The van der Waals surface area contributed by atoms with E-state index in [2.05, 4.69) is 36.9 Å². The van der Waals surface area contributed by atoms with Crippen molar-refractivity contribution < 1.29 is 9.59 Å². The molecule has 3 N–H and O–H groups in total. The number of likely N-dealkylation sites (N-methyl/N-ethyl adjacent to an activating group) is 1. The minimum atomic E-state index is -0.151. The SMILES string of the molecule is CN(C(=O)Nc1ccc(C2CC2)cn1)[C@@H]1CCCN(c2cc(NC(=O)C[C@@H]3N[C@H]4CC[C@@H]3C4)ccn2)C1. The third-order valence-corrected chi connectivity index (χ3v) is 8.59. The molecule has 0 unspecified atom stereocenters. The standard InChI is InChI=1S/C28H37N7O2/c1-34(28(37)33-25-9-7-20(16-30-25)18-4-5-18)23-3-2-12-35(17-23)26-14-22(10-11-29-26)32-27(36)15-24-19-6-8-21(13-19)31-24/h7,9-11,14,16,18-19,21,23-24,31H,2-6,8,12-13,15,17H2,1H3,(H,29,32,36)(H,30,33,37)/t19-,21+,23-,24+/m1/s1. The van der Waals surface area contributed by atoms with Crippen LogP contribution in [0.1, 0.15) is 62.8 Å². The summed E-state index contributed by atoms with van der Waals surface area (Å²) in [6, 6.07) is 8.56. The summed E-state index contributed by atoms with van der Waals surface area (Å²) in [5, 5.41) is 9.61. The van der Waals surface area contributed by atoms with Crippen LogP contribution in [0.15, 0.2) is 36.7 Å². The van der Waals surface area contributed by atoms with E-state index in [-0.39, 0.29) is 18.0 Å². The van der Waals surface area contributed by atoms with E-state index >= 15 is 0 Å². The number of nitrogens with one attached hydrogen (secondary N) is 3. The summed E-state index contributed by atoms with van der Waals surface area (Å²) in [6.45, 7) is 1.56. The molecule has 4 aliphatic rings. The largest absolute Gasteiger partial charge is 0.354 e. The van der Waals surface area contributed by atoms with Crippen molar-refractivity contribution in [2.45, 2.75) is 75.4 Å². The molecule has 6 rings (SSSR count). The highest BCUT2D eigenvalue weighted by Gasteiger charge is 2.39. The van der Waals surface area contributed by atoms with Gasteiger partial charge in [0.05, 0.1) is 6.04 Å². The second-order valence-electron chi connectivity index (χ2n) is 11.2. The maximum absolute atomic E-state index is 12.9. The highest BCUT2D eigenvalue weighted by atomic mass is 16.2. The Labute approximate surface area is 218 Å². The molecule has 4 heterocycles. The molecule has 3 amide bonds. The van der Waals surface area contributed by atoms with Gasteiger partial charge in [-0.1, -0.05) is 6.07 Å². The molecule has 2 saturated heterocycles. The minimum Gasteiger partial charge on any atom is -0.354 e. The number of aromatic nitrogens is 2. The molecule has 196 valence electrons. The lowest BCUT2D eigenvalue weighted by Crippen LogP contribution is -2.50. The highest BCUT2D eigenvalue weighted by molar-refractivity contribution is 5.91. The van der Waals surface area contributed by atoms with Crippen LogP contribution in [-0.4, -0.2) is 65.1 Å². The molecule has 2 bridgehead atoms. The quantitative estimate of drug-likeness (QED) is 0.529. The number of nitrogens with zero attached hydrogens (tertiary/aromatic N) is 4. The number of carbonyl (C=O) groups is 2. The molecule has 4 fully saturated rings. The van der Waals surface area contributed by atoms with E-state index in [9.17, 15) is 9.59 Å². The molecule has 2 aromatic heterocycles. The first-order valence-electron chi connectivity index (χ1n) is 13.8. The van der Waals surface area contributed by atoms with Crippen LogP contribution in [0.2, 0.25) is 0 Å². The first-order chi connectivity index (χ1) is 18.0. The summed E-state index contributed by atoms with van der Waals surface area (Å²) in [5.74, 6) is 2.74. The maximum Gasteiger partial charge on any atom is 0.323 e. The fourth-order valence-corrected chi connectivity index (χ4v) is 6.26.